The molecule has 132 valence electrons. The molecule has 0 N–H and O–H groups in total. The summed E-state index contributed by atoms with van der Waals surface area (Å²) in [6.45, 7) is 4.47. The second-order valence-corrected chi connectivity index (χ2v) is 7.26. The predicted molar refractivity (Wildman–Crippen MR) is 98.5 cm³/mol. The standard InChI is InChI=1S/C20H26N4O/c25-20(24-10-3-5-18-4-1-2-6-19(18)24)15-22-11-7-17(8-12-22)14-23-13-9-21-16-23/h1-2,4,6,9,13,16-17H,3,5,7-8,10-12,14-15H2. The van der Waals surface area contributed by atoms with Crippen molar-refractivity contribution in [1.29, 1.82) is 0 Å². The SMILES string of the molecule is O=C(CN1CCC(Cn2ccnc2)CC1)N1CCCc2ccccc21. The summed E-state index contributed by atoms with van der Waals surface area (Å²) in [7, 11) is 0. The van der Waals surface area contributed by atoms with E-state index in [-0.39, 0.29) is 5.91 Å². The number of likely N-dealkylation sites (tertiary alicyclic amines) is 1. The molecule has 1 aromatic carbocycles. The zero-order valence-electron chi connectivity index (χ0n) is 14.7. The molecule has 0 bridgehead atoms. The van der Waals surface area contributed by atoms with E-state index in [2.05, 4.69) is 32.7 Å². The minimum Gasteiger partial charge on any atom is -0.337 e. The lowest BCUT2D eigenvalue weighted by Crippen LogP contribution is -2.45. The first kappa shape index (κ1) is 16.3. The van der Waals surface area contributed by atoms with Gasteiger partial charge in [-0.3, -0.25) is 9.69 Å². The molecule has 1 saturated heterocycles. The van der Waals surface area contributed by atoms with Gasteiger partial charge in [-0.2, -0.15) is 0 Å². The minimum atomic E-state index is 0.250. The molecule has 3 heterocycles. The molecule has 5 heteroatoms. The number of rotatable bonds is 4. The minimum absolute atomic E-state index is 0.250. The molecule has 2 aromatic rings. The van der Waals surface area contributed by atoms with Gasteiger partial charge in [0.2, 0.25) is 5.91 Å². The number of fused-ring (bicyclic) bond motifs is 1. The molecule has 2 aliphatic heterocycles. The molecule has 0 aliphatic carbocycles. The number of benzene rings is 1. The van der Waals surface area contributed by atoms with Crippen LogP contribution in [0.2, 0.25) is 0 Å². The maximum atomic E-state index is 12.8. The number of hydrogen-bond donors (Lipinski definition) is 0. The fourth-order valence-corrected chi connectivity index (χ4v) is 4.09. The Labute approximate surface area is 149 Å². The lowest BCUT2D eigenvalue weighted by Gasteiger charge is -2.35. The lowest BCUT2D eigenvalue weighted by molar-refractivity contribution is -0.120. The van der Waals surface area contributed by atoms with E-state index in [9.17, 15) is 4.79 Å². The van der Waals surface area contributed by atoms with Gasteiger partial charge in [0, 0.05) is 31.2 Å². The van der Waals surface area contributed by atoms with E-state index < -0.39 is 0 Å². The van der Waals surface area contributed by atoms with E-state index in [0.717, 1.165) is 57.5 Å². The Morgan fingerprint density at radius 1 is 1.16 bits per heavy atom. The second kappa shape index (κ2) is 7.40. The molecule has 1 amide bonds. The molecule has 0 saturated carbocycles. The van der Waals surface area contributed by atoms with Gasteiger partial charge in [0.1, 0.15) is 0 Å². The predicted octanol–water partition coefficient (Wildman–Crippen LogP) is 2.57. The number of piperidine rings is 1. The second-order valence-electron chi connectivity index (χ2n) is 7.26. The molecular weight excluding hydrogens is 312 g/mol. The third-order valence-corrected chi connectivity index (χ3v) is 5.51. The van der Waals surface area contributed by atoms with Crippen molar-refractivity contribution in [3.05, 3.63) is 48.5 Å². The number of para-hydroxylation sites is 1. The van der Waals surface area contributed by atoms with E-state index in [0.29, 0.717) is 12.5 Å². The summed E-state index contributed by atoms with van der Waals surface area (Å²) in [5.74, 6) is 0.941. The van der Waals surface area contributed by atoms with Crippen LogP contribution in [0.25, 0.3) is 0 Å². The van der Waals surface area contributed by atoms with Gasteiger partial charge in [-0.25, -0.2) is 4.98 Å². The Balaban J connectivity index is 1.31. The zero-order valence-corrected chi connectivity index (χ0v) is 14.7. The third kappa shape index (κ3) is 3.76. The van der Waals surface area contributed by atoms with Gasteiger partial charge in [0.15, 0.2) is 0 Å². The van der Waals surface area contributed by atoms with Crippen molar-refractivity contribution in [3.8, 4) is 0 Å². The Kier molecular flexibility index (Phi) is 4.83. The lowest BCUT2D eigenvalue weighted by atomic mass is 9.96. The van der Waals surface area contributed by atoms with Crippen molar-refractivity contribution in [2.75, 3.05) is 31.1 Å². The molecular formula is C20H26N4O. The van der Waals surface area contributed by atoms with Crippen LogP contribution in [0.4, 0.5) is 5.69 Å². The van der Waals surface area contributed by atoms with Gasteiger partial charge < -0.3 is 9.47 Å². The average Bonchev–Trinajstić information content (AvgIpc) is 3.16. The average molecular weight is 338 g/mol. The van der Waals surface area contributed by atoms with Crippen molar-refractivity contribution in [2.45, 2.75) is 32.2 Å². The number of carbonyl (C=O) groups is 1. The van der Waals surface area contributed by atoms with E-state index in [4.69, 9.17) is 0 Å². The fourth-order valence-electron chi connectivity index (χ4n) is 4.09. The zero-order chi connectivity index (χ0) is 17.1. The first-order valence-corrected chi connectivity index (χ1v) is 9.36. The van der Waals surface area contributed by atoms with Crippen LogP contribution in [0, 0.1) is 5.92 Å². The number of aryl methyl sites for hydroxylation is 1. The Morgan fingerprint density at radius 3 is 2.80 bits per heavy atom. The van der Waals surface area contributed by atoms with Crippen LogP contribution in [0.15, 0.2) is 43.0 Å². The Hall–Kier alpha value is -2.14. The molecule has 1 fully saturated rings. The van der Waals surface area contributed by atoms with Crippen molar-refractivity contribution in [3.63, 3.8) is 0 Å². The molecule has 0 spiro atoms. The smallest absolute Gasteiger partial charge is 0.241 e. The highest BCUT2D eigenvalue weighted by atomic mass is 16.2. The molecule has 0 unspecified atom stereocenters. The number of carbonyl (C=O) groups excluding carboxylic acids is 1. The summed E-state index contributed by atoms with van der Waals surface area (Å²) in [6.07, 6.45) is 10.2. The van der Waals surface area contributed by atoms with Gasteiger partial charge in [0.05, 0.1) is 12.9 Å². The first-order valence-electron chi connectivity index (χ1n) is 9.36. The van der Waals surface area contributed by atoms with Crippen molar-refractivity contribution < 1.29 is 4.79 Å². The molecule has 4 rings (SSSR count). The first-order chi connectivity index (χ1) is 12.3. The normalized spacial score (nSPS) is 19.0. The number of anilines is 1. The van der Waals surface area contributed by atoms with E-state index in [1.807, 2.05) is 29.7 Å². The van der Waals surface area contributed by atoms with Crippen LogP contribution in [-0.2, 0) is 17.8 Å². The van der Waals surface area contributed by atoms with E-state index >= 15 is 0 Å². The summed E-state index contributed by atoms with van der Waals surface area (Å²) in [4.78, 5) is 21.3. The summed E-state index contributed by atoms with van der Waals surface area (Å²) in [5, 5.41) is 0. The number of imidazole rings is 1. The van der Waals surface area contributed by atoms with Gasteiger partial charge in [-0.1, -0.05) is 18.2 Å². The van der Waals surface area contributed by atoms with Crippen LogP contribution in [0.3, 0.4) is 0 Å². The van der Waals surface area contributed by atoms with Crippen LogP contribution in [-0.4, -0.2) is 46.5 Å². The summed E-state index contributed by atoms with van der Waals surface area (Å²) in [5.41, 5.74) is 2.43. The van der Waals surface area contributed by atoms with E-state index in [1.165, 1.54) is 5.56 Å². The maximum Gasteiger partial charge on any atom is 0.241 e. The van der Waals surface area contributed by atoms with Crippen molar-refractivity contribution in [1.82, 2.24) is 14.5 Å². The summed E-state index contributed by atoms with van der Waals surface area (Å²) in [6, 6.07) is 8.34. The molecule has 0 radical (unpaired) electrons. The highest BCUT2D eigenvalue weighted by molar-refractivity contribution is 5.95. The quantitative estimate of drug-likeness (QED) is 0.860. The number of amides is 1. The van der Waals surface area contributed by atoms with Crippen molar-refractivity contribution in [2.24, 2.45) is 5.92 Å². The van der Waals surface area contributed by atoms with Crippen molar-refractivity contribution >= 4 is 11.6 Å². The summed E-state index contributed by atoms with van der Waals surface area (Å²) >= 11 is 0. The number of nitrogens with zero attached hydrogens (tertiary/aromatic N) is 4. The summed E-state index contributed by atoms with van der Waals surface area (Å²) < 4.78 is 2.16. The van der Waals surface area contributed by atoms with Gasteiger partial charge in [0.25, 0.3) is 0 Å². The Bertz CT molecular complexity index is 704. The number of hydrogen-bond acceptors (Lipinski definition) is 3. The highest BCUT2D eigenvalue weighted by Gasteiger charge is 2.26. The monoisotopic (exact) mass is 338 g/mol. The molecule has 5 nitrogen and oxygen atoms in total. The van der Waals surface area contributed by atoms with Crippen LogP contribution in [0.1, 0.15) is 24.8 Å². The molecule has 1 aromatic heterocycles. The van der Waals surface area contributed by atoms with Gasteiger partial charge >= 0.3 is 0 Å². The largest absolute Gasteiger partial charge is 0.337 e. The van der Waals surface area contributed by atoms with Gasteiger partial charge in [-0.15, -0.1) is 0 Å². The fraction of sp³-hybridized carbons (Fsp3) is 0.500. The van der Waals surface area contributed by atoms with Gasteiger partial charge in [-0.05, 0) is 56.3 Å². The van der Waals surface area contributed by atoms with Crippen LogP contribution in [0.5, 0.6) is 0 Å². The maximum absolute atomic E-state index is 12.8. The van der Waals surface area contributed by atoms with Crippen LogP contribution < -0.4 is 4.90 Å². The molecule has 25 heavy (non-hydrogen) atoms. The molecule has 2 aliphatic rings. The van der Waals surface area contributed by atoms with Crippen LogP contribution >= 0.6 is 0 Å². The molecule has 0 atom stereocenters. The third-order valence-electron chi connectivity index (χ3n) is 5.51. The number of aromatic nitrogens is 2. The van der Waals surface area contributed by atoms with E-state index in [1.54, 1.807) is 0 Å². The Morgan fingerprint density at radius 2 is 2.00 bits per heavy atom. The highest BCUT2D eigenvalue weighted by Crippen LogP contribution is 2.27. The topological polar surface area (TPSA) is 41.4 Å².